The van der Waals surface area contributed by atoms with Crippen LogP contribution in [0.3, 0.4) is 0 Å². The lowest BCUT2D eigenvalue weighted by Crippen LogP contribution is -2.33. The Balaban J connectivity index is 2.05. The van der Waals surface area contributed by atoms with Crippen LogP contribution < -0.4 is 10.1 Å². The van der Waals surface area contributed by atoms with E-state index < -0.39 is 46.8 Å². The van der Waals surface area contributed by atoms with Crippen LogP contribution in [0.2, 0.25) is 0 Å². The summed E-state index contributed by atoms with van der Waals surface area (Å²) in [6.07, 6.45) is 17.7. The lowest BCUT2D eigenvalue weighted by molar-refractivity contribution is -0.135. The second-order valence-corrected chi connectivity index (χ2v) is 10.0. The van der Waals surface area contributed by atoms with Gasteiger partial charge in [0.25, 0.3) is 0 Å². The van der Waals surface area contributed by atoms with E-state index in [1.807, 2.05) is 0 Å². The smallest absolute Gasteiger partial charge is 0.311 e. The second-order valence-electron chi connectivity index (χ2n) is 10.0. The average Bonchev–Trinajstić information content (AvgIpc) is 2.91. The van der Waals surface area contributed by atoms with E-state index in [0.29, 0.717) is 12.8 Å². The molecule has 1 aromatic rings. The Bertz CT molecular complexity index is 868. The molecule has 1 rings (SSSR count). The summed E-state index contributed by atoms with van der Waals surface area (Å²) >= 11 is 0. The Morgan fingerprint density at radius 3 is 1.54 bits per heavy atom. The number of unbranched alkanes of at least 4 members (excludes halogenated alkanes) is 14. The summed E-state index contributed by atoms with van der Waals surface area (Å²) in [6, 6.07) is -0.441. The van der Waals surface area contributed by atoms with Crippen molar-refractivity contribution in [3.05, 3.63) is 29.1 Å². The van der Waals surface area contributed by atoms with Gasteiger partial charge in [-0.25, -0.2) is 13.2 Å². The minimum Gasteiger partial charge on any atom is -0.420 e. The molecular formula is C29H42F5NO4. The molecule has 0 aromatic heterocycles. The van der Waals surface area contributed by atoms with E-state index >= 15 is 0 Å². The summed E-state index contributed by atoms with van der Waals surface area (Å²) in [5.74, 6) is -14.2. The van der Waals surface area contributed by atoms with Gasteiger partial charge in [-0.05, 0) is 26.2 Å². The predicted octanol–water partition coefficient (Wildman–Crippen LogP) is 8.01. The number of carbonyl (C=O) groups is 3. The maximum atomic E-state index is 13.6. The van der Waals surface area contributed by atoms with E-state index in [4.69, 9.17) is 0 Å². The number of hydrogen-bond donors (Lipinski definition) is 1. The van der Waals surface area contributed by atoms with Crippen molar-refractivity contribution in [2.75, 3.05) is 0 Å². The van der Waals surface area contributed by atoms with Crippen molar-refractivity contribution in [3.63, 3.8) is 0 Å². The second kappa shape index (κ2) is 20.4. The predicted molar refractivity (Wildman–Crippen MR) is 139 cm³/mol. The van der Waals surface area contributed by atoms with Crippen molar-refractivity contribution in [2.24, 2.45) is 0 Å². The van der Waals surface area contributed by atoms with Crippen LogP contribution in [0.15, 0.2) is 0 Å². The van der Waals surface area contributed by atoms with Crippen molar-refractivity contribution in [1.82, 2.24) is 5.32 Å². The van der Waals surface area contributed by atoms with Gasteiger partial charge >= 0.3 is 5.97 Å². The highest BCUT2D eigenvalue weighted by Gasteiger charge is 2.28. The number of nitrogens with one attached hydrogen (secondary N) is 1. The molecular weight excluding hydrogens is 521 g/mol. The van der Waals surface area contributed by atoms with Gasteiger partial charge in [-0.3, -0.25) is 9.59 Å². The Hall–Kier alpha value is -2.52. The highest BCUT2D eigenvalue weighted by molar-refractivity contribution is 5.76. The molecule has 1 aromatic carbocycles. The number of rotatable bonds is 22. The van der Waals surface area contributed by atoms with Crippen molar-refractivity contribution in [3.8, 4) is 5.75 Å². The van der Waals surface area contributed by atoms with Crippen LogP contribution in [0.5, 0.6) is 5.75 Å². The lowest BCUT2D eigenvalue weighted by Gasteiger charge is -2.14. The molecule has 1 N–H and O–H groups in total. The van der Waals surface area contributed by atoms with Gasteiger partial charge in [0.15, 0.2) is 0 Å². The quantitative estimate of drug-likeness (QED) is 0.0295. The molecule has 0 fully saturated rings. The summed E-state index contributed by atoms with van der Waals surface area (Å²) in [6.45, 7) is 1.64. The van der Waals surface area contributed by atoms with Crippen LogP contribution in [-0.4, -0.2) is 24.2 Å². The van der Waals surface area contributed by atoms with Gasteiger partial charge < -0.3 is 14.8 Å². The van der Waals surface area contributed by atoms with E-state index in [0.717, 1.165) is 44.8 Å². The molecule has 0 radical (unpaired) electrons. The third-order valence-corrected chi connectivity index (χ3v) is 6.55. The van der Waals surface area contributed by atoms with Crippen molar-refractivity contribution in [1.29, 1.82) is 0 Å². The number of carbonyl (C=O) groups excluding carboxylic acids is 3. The molecule has 10 heteroatoms. The zero-order valence-corrected chi connectivity index (χ0v) is 22.9. The largest absolute Gasteiger partial charge is 0.420 e. The molecule has 0 aliphatic rings. The van der Waals surface area contributed by atoms with Crippen molar-refractivity contribution >= 4 is 18.2 Å². The average molecular weight is 564 g/mol. The number of benzene rings is 1. The highest BCUT2D eigenvalue weighted by atomic mass is 19.2. The molecule has 0 saturated carbocycles. The first-order valence-corrected chi connectivity index (χ1v) is 14.1. The summed E-state index contributed by atoms with van der Waals surface area (Å²) in [5.41, 5.74) is 0. The third-order valence-electron chi connectivity index (χ3n) is 6.55. The lowest BCUT2D eigenvalue weighted by atomic mass is 10.0. The molecule has 5 nitrogen and oxygen atoms in total. The first-order chi connectivity index (χ1) is 18.7. The molecule has 0 bridgehead atoms. The van der Waals surface area contributed by atoms with Crippen LogP contribution >= 0.6 is 0 Å². The molecule has 0 aliphatic heterocycles. The fraction of sp³-hybridized carbons (Fsp3) is 0.690. The van der Waals surface area contributed by atoms with Gasteiger partial charge in [-0.15, -0.1) is 0 Å². The molecule has 1 amide bonds. The first kappa shape index (κ1) is 34.5. The van der Waals surface area contributed by atoms with Gasteiger partial charge in [0.1, 0.15) is 6.29 Å². The fourth-order valence-electron chi connectivity index (χ4n) is 4.23. The molecule has 1 atom stereocenters. The van der Waals surface area contributed by atoms with Gasteiger partial charge in [-0.2, -0.15) is 8.78 Å². The normalized spacial score (nSPS) is 11.8. The van der Waals surface area contributed by atoms with E-state index in [1.165, 1.54) is 51.4 Å². The zero-order chi connectivity index (χ0) is 29.0. The van der Waals surface area contributed by atoms with Gasteiger partial charge in [-0.1, -0.05) is 77.0 Å². The van der Waals surface area contributed by atoms with Gasteiger partial charge in [0.05, 0.1) is 0 Å². The molecule has 0 aliphatic carbocycles. The van der Waals surface area contributed by atoms with Gasteiger partial charge in [0, 0.05) is 25.3 Å². The molecule has 1 unspecified atom stereocenters. The summed E-state index contributed by atoms with van der Waals surface area (Å²) < 4.78 is 71.1. The van der Waals surface area contributed by atoms with Crippen LogP contribution in [0, 0.1) is 29.1 Å². The van der Waals surface area contributed by atoms with E-state index in [2.05, 4.69) is 10.1 Å². The molecule has 0 heterocycles. The number of ether oxygens (including phenoxy) is 1. The molecule has 39 heavy (non-hydrogen) atoms. The fourth-order valence-corrected chi connectivity index (χ4v) is 4.23. The third kappa shape index (κ3) is 14.4. The van der Waals surface area contributed by atoms with E-state index in [9.17, 15) is 36.3 Å². The van der Waals surface area contributed by atoms with Crippen LogP contribution in [0.25, 0.3) is 0 Å². The van der Waals surface area contributed by atoms with Crippen LogP contribution in [0.1, 0.15) is 122 Å². The number of amides is 1. The Labute approximate surface area is 228 Å². The van der Waals surface area contributed by atoms with E-state index in [-0.39, 0.29) is 18.7 Å². The number of esters is 1. The van der Waals surface area contributed by atoms with Crippen molar-refractivity contribution in [2.45, 2.75) is 129 Å². The number of aldehydes is 1. The van der Waals surface area contributed by atoms with Crippen molar-refractivity contribution < 1.29 is 41.1 Å². The summed E-state index contributed by atoms with van der Waals surface area (Å²) in [7, 11) is 0. The van der Waals surface area contributed by atoms with E-state index in [1.54, 1.807) is 6.92 Å². The highest BCUT2D eigenvalue weighted by Crippen LogP contribution is 2.29. The molecule has 0 spiro atoms. The maximum Gasteiger partial charge on any atom is 0.311 e. The minimum atomic E-state index is -2.33. The Morgan fingerprint density at radius 2 is 1.08 bits per heavy atom. The number of halogens is 5. The Morgan fingerprint density at radius 1 is 0.667 bits per heavy atom. The molecule has 222 valence electrons. The number of hydrogen-bond acceptors (Lipinski definition) is 4. The standard InChI is InChI=1S/C29H42F5NO4/c1-21(18-19-23(38)39-29-27(33)25(31)24(30)26(32)28(29)34)35-22(37)17-15-13-11-9-7-5-3-2-4-6-8-10-12-14-16-20-36/h20-21H,2-19H2,1H3,(H,35,37). The van der Waals surface area contributed by atoms with Crippen LogP contribution in [-0.2, 0) is 14.4 Å². The summed E-state index contributed by atoms with van der Waals surface area (Å²) in [5, 5.41) is 2.72. The molecule has 0 saturated heterocycles. The first-order valence-electron chi connectivity index (χ1n) is 14.1. The van der Waals surface area contributed by atoms with Crippen LogP contribution in [0.4, 0.5) is 22.0 Å². The summed E-state index contributed by atoms with van der Waals surface area (Å²) in [4.78, 5) is 34.2. The monoisotopic (exact) mass is 563 g/mol. The SMILES string of the molecule is CC(CCC(=O)Oc1c(F)c(F)c(F)c(F)c1F)NC(=O)CCCCCCCCCCCCCCCCC=O. The topological polar surface area (TPSA) is 72.5 Å². The van der Waals surface area contributed by atoms with Gasteiger partial charge in [0.2, 0.25) is 40.7 Å². The zero-order valence-electron chi connectivity index (χ0n) is 22.9. The minimum absolute atomic E-state index is 0.0708. The Kier molecular flexibility index (Phi) is 18.0. The maximum absolute atomic E-state index is 13.6.